The minimum absolute atomic E-state index is 0.424. The van der Waals surface area contributed by atoms with Gasteiger partial charge in [-0.1, -0.05) is 26.2 Å². The maximum atomic E-state index is 5.79. The first-order valence-corrected chi connectivity index (χ1v) is 5.05. The van der Waals surface area contributed by atoms with E-state index in [1.807, 2.05) is 0 Å². The molecule has 2 heteroatoms. The molecular formula is C10H23NO. The topological polar surface area (TPSA) is 35.2 Å². The Labute approximate surface area is 76.5 Å². The molecule has 0 aliphatic heterocycles. The summed E-state index contributed by atoms with van der Waals surface area (Å²) in [5.74, 6) is 0. The second-order valence-corrected chi connectivity index (χ2v) is 3.36. The lowest BCUT2D eigenvalue weighted by molar-refractivity contribution is 0.192. The van der Waals surface area contributed by atoms with Crippen molar-refractivity contribution < 1.29 is 4.74 Å². The first-order valence-electron chi connectivity index (χ1n) is 5.05. The summed E-state index contributed by atoms with van der Waals surface area (Å²) in [6, 6.07) is 0.424. The van der Waals surface area contributed by atoms with Gasteiger partial charge in [0.1, 0.15) is 0 Å². The van der Waals surface area contributed by atoms with Gasteiger partial charge >= 0.3 is 0 Å². The third kappa shape index (κ3) is 8.02. The fourth-order valence-electron chi connectivity index (χ4n) is 1.21. The van der Waals surface area contributed by atoms with Crippen molar-refractivity contribution in [2.75, 3.05) is 13.7 Å². The van der Waals surface area contributed by atoms with Crippen LogP contribution in [0.15, 0.2) is 0 Å². The van der Waals surface area contributed by atoms with Crippen LogP contribution in [0.25, 0.3) is 0 Å². The number of hydrogen-bond donors (Lipinski definition) is 1. The SMILES string of the molecule is CCC(N)CCCCCCOC. The zero-order valence-corrected chi connectivity index (χ0v) is 8.51. The molecule has 0 saturated heterocycles. The van der Waals surface area contributed by atoms with Crippen molar-refractivity contribution in [3.8, 4) is 0 Å². The van der Waals surface area contributed by atoms with Crippen LogP contribution in [-0.4, -0.2) is 19.8 Å². The van der Waals surface area contributed by atoms with Crippen LogP contribution in [0.5, 0.6) is 0 Å². The van der Waals surface area contributed by atoms with Gasteiger partial charge in [-0.3, -0.25) is 0 Å². The van der Waals surface area contributed by atoms with E-state index in [0.29, 0.717) is 6.04 Å². The largest absolute Gasteiger partial charge is 0.385 e. The molecule has 12 heavy (non-hydrogen) atoms. The van der Waals surface area contributed by atoms with Gasteiger partial charge in [-0.2, -0.15) is 0 Å². The molecule has 0 amide bonds. The summed E-state index contributed by atoms with van der Waals surface area (Å²) in [6.45, 7) is 3.05. The molecule has 2 nitrogen and oxygen atoms in total. The highest BCUT2D eigenvalue weighted by atomic mass is 16.5. The van der Waals surface area contributed by atoms with Gasteiger partial charge in [0.25, 0.3) is 0 Å². The molecule has 0 saturated carbocycles. The molecule has 0 aliphatic carbocycles. The van der Waals surface area contributed by atoms with Gasteiger partial charge < -0.3 is 10.5 Å². The highest BCUT2D eigenvalue weighted by Gasteiger charge is 1.97. The summed E-state index contributed by atoms with van der Waals surface area (Å²) in [5.41, 5.74) is 5.79. The van der Waals surface area contributed by atoms with Gasteiger partial charge in [0, 0.05) is 19.8 Å². The minimum Gasteiger partial charge on any atom is -0.385 e. The Bertz CT molecular complexity index is 85.9. The van der Waals surface area contributed by atoms with Crippen molar-refractivity contribution in [3.05, 3.63) is 0 Å². The molecule has 1 unspecified atom stereocenters. The maximum absolute atomic E-state index is 5.79. The van der Waals surface area contributed by atoms with E-state index >= 15 is 0 Å². The van der Waals surface area contributed by atoms with E-state index in [-0.39, 0.29) is 0 Å². The third-order valence-corrected chi connectivity index (χ3v) is 2.20. The summed E-state index contributed by atoms with van der Waals surface area (Å²) in [7, 11) is 1.76. The van der Waals surface area contributed by atoms with Gasteiger partial charge in [0.2, 0.25) is 0 Å². The number of methoxy groups -OCH3 is 1. The molecule has 0 bridgehead atoms. The number of nitrogens with two attached hydrogens (primary N) is 1. The molecule has 0 rings (SSSR count). The van der Waals surface area contributed by atoms with Gasteiger partial charge in [-0.15, -0.1) is 0 Å². The Morgan fingerprint density at radius 3 is 2.42 bits per heavy atom. The van der Waals surface area contributed by atoms with E-state index < -0.39 is 0 Å². The summed E-state index contributed by atoms with van der Waals surface area (Å²) < 4.78 is 4.97. The van der Waals surface area contributed by atoms with E-state index in [1.54, 1.807) is 7.11 Å². The molecule has 0 heterocycles. The molecular weight excluding hydrogens is 150 g/mol. The summed E-state index contributed by atoms with van der Waals surface area (Å²) in [5, 5.41) is 0. The lowest BCUT2D eigenvalue weighted by atomic mass is 10.1. The highest BCUT2D eigenvalue weighted by molar-refractivity contribution is 4.57. The predicted molar refractivity (Wildman–Crippen MR) is 53.2 cm³/mol. The van der Waals surface area contributed by atoms with Crippen LogP contribution in [0.2, 0.25) is 0 Å². The minimum atomic E-state index is 0.424. The molecule has 0 aromatic heterocycles. The quantitative estimate of drug-likeness (QED) is 0.572. The lowest BCUT2D eigenvalue weighted by Gasteiger charge is -2.07. The van der Waals surface area contributed by atoms with Crippen LogP contribution in [0.1, 0.15) is 45.4 Å². The summed E-state index contributed by atoms with van der Waals surface area (Å²) in [4.78, 5) is 0. The number of hydrogen-bond acceptors (Lipinski definition) is 2. The standard InChI is InChI=1S/C10H23NO/c1-3-10(11)8-6-4-5-7-9-12-2/h10H,3-9,11H2,1-2H3. The van der Waals surface area contributed by atoms with Crippen molar-refractivity contribution in [1.29, 1.82) is 0 Å². The fourth-order valence-corrected chi connectivity index (χ4v) is 1.21. The molecule has 0 aromatic carbocycles. The van der Waals surface area contributed by atoms with Crippen molar-refractivity contribution in [3.63, 3.8) is 0 Å². The normalized spacial score (nSPS) is 13.2. The van der Waals surface area contributed by atoms with Crippen LogP contribution in [-0.2, 0) is 4.74 Å². The molecule has 0 radical (unpaired) electrons. The zero-order valence-electron chi connectivity index (χ0n) is 8.51. The number of ether oxygens (including phenoxy) is 1. The van der Waals surface area contributed by atoms with E-state index in [2.05, 4.69) is 6.92 Å². The number of unbranched alkanes of at least 4 members (excludes halogenated alkanes) is 3. The molecule has 0 aromatic rings. The summed E-state index contributed by atoms with van der Waals surface area (Å²) >= 11 is 0. The number of rotatable bonds is 8. The molecule has 74 valence electrons. The first kappa shape index (κ1) is 11.9. The van der Waals surface area contributed by atoms with Crippen LogP contribution < -0.4 is 5.73 Å². The predicted octanol–water partition coefficient (Wildman–Crippen LogP) is 2.32. The molecule has 1 atom stereocenters. The average molecular weight is 173 g/mol. The Hall–Kier alpha value is -0.0800. The molecule has 0 fully saturated rings. The van der Waals surface area contributed by atoms with Crippen LogP contribution >= 0.6 is 0 Å². The van der Waals surface area contributed by atoms with E-state index in [1.165, 1.54) is 32.1 Å². The third-order valence-electron chi connectivity index (χ3n) is 2.20. The Morgan fingerprint density at radius 2 is 1.83 bits per heavy atom. The van der Waals surface area contributed by atoms with Gasteiger partial charge in [-0.25, -0.2) is 0 Å². The highest BCUT2D eigenvalue weighted by Crippen LogP contribution is 2.06. The first-order chi connectivity index (χ1) is 5.81. The Morgan fingerprint density at radius 1 is 1.17 bits per heavy atom. The van der Waals surface area contributed by atoms with Gasteiger partial charge in [-0.05, 0) is 19.3 Å². The average Bonchev–Trinajstić information content (AvgIpc) is 2.10. The molecule has 0 aliphatic rings. The van der Waals surface area contributed by atoms with Crippen molar-refractivity contribution in [2.24, 2.45) is 5.73 Å². The monoisotopic (exact) mass is 173 g/mol. The molecule has 0 spiro atoms. The fraction of sp³-hybridized carbons (Fsp3) is 1.00. The molecule has 2 N–H and O–H groups in total. The lowest BCUT2D eigenvalue weighted by Crippen LogP contribution is -2.17. The maximum Gasteiger partial charge on any atom is 0.0462 e. The van der Waals surface area contributed by atoms with Gasteiger partial charge in [0.15, 0.2) is 0 Å². The van der Waals surface area contributed by atoms with Crippen molar-refractivity contribution >= 4 is 0 Å². The second kappa shape index (κ2) is 9.01. The summed E-state index contributed by atoms with van der Waals surface area (Å²) in [6.07, 6.45) is 7.35. The van der Waals surface area contributed by atoms with Crippen molar-refractivity contribution in [1.82, 2.24) is 0 Å². The van der Waals surface area contributed by atoms with E-state index in [9.17, 15) is 0 Å². The van der Waals surface area contributed by atoms with Crippen LogP contribution in [0.3, 0.4) is 0 Å². The van der Waals surface area contributed by atoms with Crippen molar-refractivity contribution in [2.45, 2.75) is 51.5 Å². The smallest absolute Gasteiger partial charge is 0.0462 e. The zero-order chi connectivity index (χ0) is 9.23. The second-order valence-electron chi connectivity index (χ2n) is 3.36. The Balaban J connectivity index is 2.90. The van der Waals surface area contributed by atoms with Crippen LogP contribution in [0, 0.1) is 0 Å². The van der Waals surface area contributed by atoms with Gasteiger partial charge in [0.05, 0.1) is 0 Å². The Kier molecular flexibility index (Phi) is 8.95. The van der Waals surface area contributed by atoms with Crippen LogP contribution in [0.4, 0.5) is 0 Å². The van der Waals surface area contributed by atoms with E-state index in [4.69, 9.17) is 10.5 Å². The van der Waals surface area contributed by atoms with E-state index in [0.717, 1.165) is 13.0 Å².